The van der Waals surface area contributed by atoms with E-state index < -0.39 is 23.7 Å². The predicted molar refractivity (Wildman–Crippen MR) is 77.6 cm³/mol. The zero-order valence-corrected chi connectivity index (χ0v) is 13.7. The molecule has 18 heavy (non-hydrogen) atoms. The second-order valence-electron chi connectivity index (χ2n) is 5.08. The molecule has 0 aromatic carbocycles. The van der Waals surface area contributed by atoms with Crippen molar-refractivity contribution in [3.05, 3.63) is 0 Å². The Labute approximate surface area is 122 Å². The maximum Gasteiger partial charge on any atom is 0.408 e. The lowest BCUT2D eigenvalue weighted by atomic mass is 9.99. The van der Waals surface area contributed by atoms with E-state index in [4.69, 9.17) is 9.47 Å². The fraction of sp³-hybridized carbons (Fsp3) is 0.833. The second kappa shape index (κ2) is 7.81. The van der Waals surface area contributed by atoms with Crippen molar-refractivity contribution in [1.29, 1.82) is 0 Å². The molecule has 0 spiro atoms. The van der Waals surface area contributed by atoms with Gasteiger partial charge in [0.25, 0.3) is 0 Å². The van der Waals surface area contributed by atoms with E-state index in [9.17, 15) is 9.59 Å². The first-order valence-corrected chi connectivity index (χ1v) is 7.46. The normalized spacial score (nSPS) is 14.6. The molecule has 0 bridgehead atoms. The summed E-state index contributed by atoms with van der Waals surface area (Å²) < 4.78 is 10.3. The van der Waals surface area contributed by atoms with Gasteiger partial charge in [0, 0.05) is 0 Å². The molecule has 0 aliphatic rings. The number of rotatable bonds is 5. The predicted octanol–water partition coefficient (Wildman–Crippen LogP) is 2.86. The van der Waals surface area contributed by atoms with Crippen molar-refractivity contribution in [2.75, 3.05) is 4.61 Å². The molecule has 0 heterocycles. The minimum Gasteiger partial charge on any atom is -0.453 e. The van der Waals surface area contributed by atoms with Crippen LogP contribution in [0.4, 0.5) is 4.79 Å². The Bertz CT molecular complexity index is 288. The summed E-state index contributed by atoms with van der Waals surface area (Å²) in [5.41, 5.74) is -0.586. The molecule has 0 rings (SSSR count). The molecule has 2 atom stereocenters. The Kier molecular flexibility index (Phi) is 7.58. The van der Waals surface area contributed by atoms with Gasteiger partial charge >= 0.3 is 12.1 Å². The highest BCUT2D eigenvalue weighted by atomic mass is 127. The maximum atomic E-state index is 11.7. The number of amides is 1. The second-order valence-corrected chi connectivity index (χ2v) is 5.70. The molecule has 0 saturated heterocycles. The number of alkyl halides is 1. The molecule has 6 heteroatoms. The largest absolute Gasteiger partial charge is 0.453 e. The molecule has 1 N–H and O–H groups in total. The highest BCUT2D eigenvalue weighted by Gasteiger charge is 2.29. The van der Waals surface area contributed by atoms with Crippen LogP contribution in [0.15, 0.2) is 0 Å². The Morgan fingerprint density at radius 3 is 2.28 bits per heavy atom. The van der Waals surface area contributed by atoms with Crippen LogP contribution in [-0.2, 0) is 14.3 Å². The topological polar surface area (TPSA) is 64.6 Å². The molecule has 106 valence electrons. The molecule has 0 aromatic heterocycles. The first kappa shape index (κ1) is 17.5. The minimum absolute atomic E-state index is 0.00651. The maximum absolute atomic E-state index is 11.7. The summed E-state index contributed by atoms with van der Waals surface area (Å²) in [7, 11) is 0. The number of hydrogen-bond acceptors (Lipinski definition) is 4. The van der Waals surface area contributed by atoms with Crippen molar-refractivity contribution >= 4 is 34.7 Å². The molecule has 5 nitrogen and oxygen atoms in total. The number of ether oxygens (including phenoxy) is 2. The fourth-order valence-corrected chi connectivity index (χ4v) is 1.55. The zero-order chi connectivity index (χ0) is 14.3. The van der Waals surface area contributed by atoms with Crippen molar-refractivity contribution < 1.29 is 19.1 Å². The Hall–Kier alpha value is -0.530. The van der Waals surface area contributed by atoms with Crippen LogP contribution in [-0.4, -0.2) is 28.3 Å². The van der Waals surface area contributed by atoms with Crippen LogP contribution in [0.3, 0.4) is 0 Å². The van der Waals surface area contributed by atoms with E-state index in [2.05, 4.69) is 5.32 Å². The third kappa shape index (κ3) is 7.03. The smallest absolute Gasteiger partial charge is 0.408 e. The van der Waals surface area contributed by atoms with E-state index in [1.165, 1.54) is 0 Å². The van der Waals surface area contributed by atoms with E-state index in [0.29, 0.717) is 0 Å². The first-order valence-electron chi connectivity index (χ1n) is 5.93. The summed E-state index contributed by atoms with van der Waals surface area (Å²) in [6.07, 6.45) is 0.162. The third-order valence-corrected chi connectivity index (χ3v) is 2.65. The SMILES string of the molecule is CCC(C)[C@H](NC(=O)OC(C)(C)C)C(=O)OCI. The Balaban J connectivity index is 4.59. The summed E-state index contributed by atoms with van der Waals surface area (Å²) in [6, 6.07) is -0.667. The average Bonchev–Trinajstić information content (AvgIpc) is 2.22. The molecule has 0 fully saturated rings. The van der Waals surface area contributed by atoms with Crippen molar-refractivity contribution in [3.8, 4) is 0 Å². The highest BCUT2D eigenvalue weighted by molar-refractivity contribution is 14.1. The van der Waals surface area contributed by atoms with Gasteiger partial charge in [-0.2, -0.15) is 0 Å². The van der Waals surface area contributed by atoms with Gasteiger partial charge in [0.05, 0.1) is 0 Å². The van der Waals surface area contributed by atoms with Gasteiger partial charge in [0.2, 0.25) is 0 Å². The fourth-order valence-electron chi connectivity index (χ4n) is 1.25. The van der Waals surface area contributed by atoms with E-state index in [-0.39, 0.29) is 10.5 Å². The molecule has 0 saturated carbocycles. The standard InChI is InChI=1S/C12H22INO4/c1-6-8(2)9(10(15)17-7-13)14-11(16)18-12(3,4)5/h8-9H,6-7H2,1-5H3,(H,14,16)/t8?,9-/m0/s1. The van der Waals surface area contributed by atoms with Crippen molar-refractivity contribution in [2.24, 2.45) is 5.92 Å². The van der Waals surface area contributed by atoms with E-state index >= 15 is 0 Å². The molecular weight excluding hydrogens is 349 g/mol. The first-order chi connectivity index (χ1) is 8.21. The van der Waals surface area contributed by atoms with Crippen LogP contribution in [0.2, 0.25) is 0 Å². The quantitative estimate of drug-likeness (QED) is 0.459. The van der Waals surface area contributed by atoms with Gasteiger partial charge in [0.1, 0.15) is 16.3 Å². The van der Waals surface area contributed by atoms with Gasteiger partial charge in [-0.1, -0.05) is 20.3 Å². The number of carbonyl (C=O) groups excluding carboxylic acids is 2. The van der Waals surface area contributed by atoms with E-state index in [0.717, 1.165) is 6.42 Å². The lowest BCUT2D eigenvalue weighted by Crippen LogP contribution is -2.47. The number of carbonyl (C=O) groups is 2. The van der Waals surface area contributed by atoms with E-state index in [1.807, 2.05) is 36.4 Å². The number of esters is 1. The number of hydrogen-bond donors (Lipinski definition) is 1. The molecule has 0 radical (unpaired) electrons. The van der Waals surface area contributed by atoms with Gasteiger partial charge in [0.15, 0.2) is 0 Å². The summed E-state index contributed by atoms with van der Waals surface area (Å²) in [5, 5.41) is 2.57. The summed E-state index contributed by atoms with van der Waals surface area (Å²) in [5.74, 6) is -0.433. The Morgan fingerprint density at radius 2 is 1.89 bits per heavy atom. The van der Waals surface area contributed by atoms with E-state index in [1.54, 1.807) is 20.8 Å². The third-order valence-electron chi connectivity index (χ3n) is 2.34. The van der Waals surface area contributed by atoms with Crippen molar-refractivity contribution in [1.82, 2.24) is 5.32 Å². The summed E-state index contributed by atoms with van der Waals surface area (Å²) in [6.45, 7) is 9.15. The number of alkyl carbamates (subject to hydrolysis) is 1. The lowest BCUT2D eigenvalue weighted by Gasteiger charge is -2.25. The number of halogens is 1. The van der Waals surface area contributed by atoms with Crippen LogP contribution >= 0.6 is 22.6 Å². The highest BCUT2D eigenvalue weighted by Crippen LogP contribution is 2.12. The van der Waals surface area contributed by atoms with Gasteiger partial charge in [-0.05, 0) is 49.3 Å². The van der Waals surface area contributed by atoms with Crippen LogP contribution in [0, 0.1) is 5.92 Å². The molecular formula is C12H22INO4. The average molecular weight is 371 g/mol. The van der Waals surface area contributed by atoms with Gasteiger partial charge < -0.3 is 14.8 Å². The van der Waals surface area contributed by atoms with Crippen LogP contribution < -0.4 is 5.32 Å². The molecule has 0 aromatic rings. The van der Waals surface area contributed by atoms with Crippen molar-refractivity contribution in [3.63, 3.8) is 0 Å². The Morgan fingerprint density at radius 1 is 1.33 bits per heavy atom. The molecule has 1 amide bonds. The molecule has 0 aliphatic carbocycles. The number of nitrogens with one attached hydrogen (secondary N) is 1. The van der Waals surface area contributed by atoms with Gasteiger partial charge in [-0.25, -0.2) is 9.59 Å². The lowest BCUT2D eigenvalue weighted by molar-refractivity contribution is -0.144. The van der Waals surface area contributed by atoms with Crippen LogP contribution in [0.25, 0.3) is 0 Å². The van der Waals surface area contributed by atoms with Gasteiger partial charge in [-0.15, -0.1) is 0 Å². The van der Waals surface area contributed by atoms with Crippen molar-refractivity contribution in [2.45, 2.75) is 52.7 Å². The monoisotopic (exact) mass is 371 g/mol. The summed E-state index contributed by atoms with van der Waals surface area (Å²) >= 11 is 1.94. The minimum atomic E-state index is -0.667. The molecule has 1 unspecified atom stereocenters. The van der Waals surface area contributed by atoms with Crippen LogP contribution in [0.5, 0.6) is 0 Å². The summed E-state index contributed by atoms with van der Waals surface area (Å²) in [4.78, 5) is 23.4. The van der Waals surface area contributed by atoms with Crippen LogP contribution in [0.1, 0.15) is 41.0 Å². The van der Waals surface area contributed by atoms with Gasteiger partial charge in [-0.3, -0.25) is 0 Å². The zero-order valence-electron chi connectivity index (χ0n) is 11.6. The molecule has 0 aliphatic heterocycles.